The average Bonchev–Trinajstić information content (AvgIpc) is 2.26. The van der Waals surface area contributed by atoms with E-state index in [-0.39, 0.29) is 18.2 Å². The molecule has 0 aliphatic carbocycles. The van der Waals surface area contributed by atoms with Crippen LogP contribution in [0.2, 0.25) is 0 Å². The minimum Gasteiger partial charge on any atom is -0.444 e. The molecule has 1 aliphatic heterocycles. The van der Waals surface area contributed by atoms with Gasteiger partial charge in [0.2, 0.25) is 0 Å². The minimum absolute atomic E-state index is 0.130. The highest BCUT2D eigenvalue weighted by atomic mass is 16.6. The standard InChI is InChI=1S/C13H26N2O3/c1-10(11(2)16)14-6-8-15(9-7-14)12(17)18-13(3,4)5/h10-11,16H,6-9H2,1-5H3. The van der Waals surface area contributed by atoms with Gasteiger partial charge < -0.3 is 14.7 Å². The molecule has 18 heavy (non-hydrogen) atoms. The van der Waals surface area contributed by atoms with Crippen molar-refractivity contribution in [3.8, 4) is 0 Å². The van der Waals surface area contributed by atoms with Crippen LogP contribution in [0.15, 0.2) is 0 Å². The topological polar surface area (TPSA) is 53.0 Å². The number of hydrogen-bond donors (Lipinski definition) is 1. The first-order valence-electron chi connectivity index (χ1n) is 6.61. The summed E-state index contributed by atoms with van der Waals surface area (Å²) in [6.07, 6.45) is -0.593. The summed E-state index contributed by atoms with van der Waals surface area (Å²) < 4.78 is 5.34. The van der Waals surface area contributed by atoms with Gasteiger partial charge in [-0.3, -0.25) is 4.90 Å². The maximum atomic E-state index is 11.9. The number of piperazine rings is 1. The fourth-order valence-corrected chi connectivity index (χ4v) is 1.94. The van der Waals surface area contributed by atoms with Crippen molar-refractivity contribution >= 4 is 6.09 Å². The van der Waals surface area contributed by atoms with Crippen LogP contribution in [0.4, 0.5) is 4.79 Å². The van der Waals surface area contributed by atoms with E-state index < -0.39 is 5.60 Å². The lowest BCUT2D eigenvalue weighted by molar-refractivity contribution is 0.000961. The van der Waals surface area contributed by atoms with Gasteiger partial charge in [0.15, 0.2) is 0 Å². The number of rotatable bonds is 2. The van der Waals surface area contributed by atoms with Crippen molar-refractivity contribution in [2.45, 2.75) is 52.4 Å². The van der Waals surface area contributed by atoms with Crippen LogP contribution in [0.1, 0.15) is 34.6 Å². The Kier molecular flexibility index (Phi) is 4.99. The van der Waals surface area contributed by atoms with Crippen LogP contribution in [0, 0.1) is 0 Å². The Bertz CT molecular complexity index is 278. The van der Waals surface area contributed by atoms with E-state index in [0.29, 0.717) is 13.1 Å². The zero-order valence-corrected chi connectivity index (χ0v) is 12.1. The van der Waals surface area contributed by atoms with Crippen molar-refractivity contribution in [1.29, 1.82) is 0 Å². The van der Waals surface area contributed by atoms with Crippen LogP contribution in [0.25, 0.3) is 0 Å². The van der Waals surface area contributed by atoms with Crippen LogP contribution in [-0.2, 0) is 4.74 Å². The molecule has 1 N–H and O–H groups in total. The van der Waals surface area contributed by atoms with Crippen LogP contribution < -0.4 is 0 Å². The van der Waals surface area contributed by atoms with E-state index in [2.05, 4.69) is 4.90 Å². The fourth-order valence-electron chi connectivity index (χ4n) is 1.94. The van der Waals surface area contributed by atoms with Gasteiger partial charge >= 0.3 is 6.09 Å². The lowest BCUT2D eigenvalue weighted by Crippen LogP contribution is -2.54. The molecular formula is C13H26N2O3. The molecule has 1 aliphatic rings. The molecule has 0 bridgehead atoms. The lowest BCUT2D eigenvalue weighted by Gasteiger charge is -2.39. The molecule has 1 amide bonds. The molecule has 0 spiro atoms. The van der Waals surface area contributed by atoms with Gasteiger partial charge in [0.1, 0.15) is 5.60 Å². The van der Waals surface area contributed by atoms with Crippen molar-refractivity contribution in [1.82, 2.24) is 9.80 Å². The first kappa shape index (κ1) is 15.2. The van der Waals surface area contributed by atoms with E-state index in [9.17, 15) is 9.90 Å². The molecule has 0 aromatic heterocycles. The average molecular weight is 258 g/mol. The first-order valence-corrected chi connectivity index (χ1v) is 6.61. The van der Waals surface area contributed by atoms with Gasteiger partial charge in [0, 0.05) is 32.2 Å². The maximum absolute atomic E-state index is 11.9. The predicted octanol–water partition coefficient (Wildman–Crippen LogP) is 1.31. The van der Waals surface area contributed by atoms with Crippen LogP contribution in [-0.4, -0.2) is 64.9 Å². The van der Waals surface area contributed by atoms with Crippen molar-refractivity contribution in [2.75, 3.05) is 26.2 Å². The summed E-state index contributed by atoms with van der Waals surface area (Å²) in [5, 5.41) is 9.55. The number of hydrogen-bond acceptors (Lipinski definition) is 4. The monoisotopic (exact) mass is 258 g/mol. The van der Waals surface area contributed by atoms with Gasteiger partial charge in [-0.2, -0.15) is 0 Å². The van der Waals surface area contributed by atoms with Gasteiger partial charge in [-0.1, -0.05) is 0 Å². The third kappa shape index (κ3) is 4.46. The van der Waals surface area contributed by atoms with Crippen LogP contribution >= 0.6 is 0 Å². The van der Waals surface area contributed by atoms with Crippen LogP contribution in [0.5, 0.6) is 0 Å². The summed E-state index contributed by atoms with van der Waals surface area (Å²) in [5.41, 5.74) is -0.443. The van der Waals surface area contributed by atoms with E-state index in [4.69, 9.17) is 4.74 Å². The Labute approximate surface area is 110 Å². The molecule has 5 heteroatoms. The quantitative estimate of drug-likeness (QED) is 0.811. The molecule has 106 valence electrons. The third-order valence-electron chi connectivity index (χ3n) is 3.24. The third-order valence-corrected chi connectivity index (χ3v) is 3.24. The number of aliphatic hydroxyl groups excluding tert-OH is 1. The summed E-state index contributed by atoms with van der Waals surface area (Å²) in [5.74, 6) is 0. The summed E-state index contributed by atoms with van der Waals surface area (Å²) in [6.45, 7) is 12.3. The molecule has 1 fully saturated rings. The normalized spacial score (nSPS) is 21.6. The van der Waals surface area contributed by atoms with Gasteiger partial charge in [-0.05, 0) is 34.6 Å². The molecule has 0 aromatic rings. The molecule has 2 atom stereocenters. The Morgan fingerprint density at radius 1 is 1.17 bits per heavy atom. The zero-order chi connectivity index (χ0) is 13.9. The van der Waals surface area contributed by atoms with Crippen molar-refractivity contribution in [2.24, 2.45) is 0 Å². The summed E-state index contributed by atoms with van der Waals surface area (Å²) in [7, 11) is 0. The highest BCUT2D eigenvalue weighted by molar-refractivity contribution is 5.68. The fraction of sp³-hybridized carbons (Fsp3) is 0.923. The predicted molar refractivity (Wildman–Crippen MR) is 70.5 cm³/mol. The SMILES string of the molecule is CC(O)C(C)N1CCN(C(=O)OC(C)(C)C)CC1. The van der Waals surface area contributed by atoms with Gasteiger partial charge in [-0.25, -0.2) is 4.79 Å². The Morgan fingerprint density at radius 3 is 2.06 bits per heavy atom. The molecule has 1 rings (SSSR count). The smallest absolute Gasteiger partial charge is 0.410 e. The zero-order valence-electron chi connectivity index (χ0n) is 12.1. The molecule has 5 nitrogen and oxygen atoms in total. The highest BCUT2D eigenvalue weighted by Crippen LogP contribution is 2.13. The maximum Gasteiger partial charge on any atom is 0.410 e. The Morgan fingerprint density at radius 2 is 1.67 bits per heavy atom. The molecule has 0 aromatic carbocycles. The first-order chi connectivity index (χ1) is 8.20. The second-order valence-corrected chi connectivity index (χ2v) is 5.98. The van der Waals surface area contributed by atoms with E-state index in [1.807, 2.05) is 27.7 Å². The summed E-state index contributed by atoms with van der Waals surface area (Å²) in [6, 6.07) is 0.130. The molecule has 2 unspecified atom stereocenters. The number of amides is 1. The second-order valence-electron chi connectivity index (χ2n) is 5.98. The highest BCUT2D eigenvalue weighted by Gasteiger charge is 2.28. The number of carbonyl (C=O) groups is 1. The number of nitrogens with zero attached hydrogens (tertiary/aromatic N) is 2. The Balaban J connectivity index is 2.42. The number of aliphatic hydroxyl groups is 1. The van der Waals surface area contributed by atoms with E-state index in [0.717, 1.165) is 13.1 Å². The van der Waals surface area contributed by atoms with E-state index in [1.54, 1.807) is 11.8 Å². The molecule has 0 radical (unpaired) electrons. The van der Waals surface area contributed by atoms with Crippen molar-refractivity contribution < 1.29 is 14.6 Å². The number of carbonyl (C=O) groups excluding carboxylic acids is 1. The molecule has 1 saturated heterocycles. The van der Waals surface area contributed by atoms with Crippen molar-refractivity contribution in [3.63, 3.8) is 0 Å². The molecule has 0 saturated carbocycles. The summed E-state index contributed by atoms with van der Waals surface area (Å²) >= 11 is 0. The van der Waals surface area contributed by atoms with Crippen molar-refractivity contribution in [3.05, 3.63) is 0 Å². The second kappa shape index (κ2) is 5.89. The summed E-state index contributed by atoms with van der Waals surface area (Å²) in [4.78, 5) is 15.8. The molecular weight excluding hydrogens is 232 g/mol. The lowest BCUT2D eigenvalue weighted by atomic mass is 10.1. The number of ether oxygens (including phenoxy) is 1. The Hall–Kier alpha value is -0.810. The largest absolute Gasteiger partial charge is 0.444 e. The van der Waals surface area contributed by atoms with Gasteiger partial charge in [0.05, 0.1) is 6.10 Å². The van der Waals surface area contributed by atoms with E-state index >= 15 is 0 Å². The van der Waals surface area contributed by atoms with Crippen LogP contribution in [0.3, 0.4) is 0 Å². The molecule has 1 heterocycles. The minimum atomic E-state index is -0.443. The van der Waals surface area contributed by atoms with Gasteiger partial charge in [-0.15, -0.1) is 0 Å². The van der Waals surface area contributed by atoms with Gasteiger partial charge in [0.25, 0.3) is 0 Å². The van der Waals surface area contributed by atoms with E-state index in [1.165, 1.54) is 0 Å².